The molecule has 4 rings (SSSR count). The predicted molar refractivity (Wildman–Crippen MR) is 148 cm³/mol. The van der Waals surface area contributed by atoms with Crippen molar-refractivity contribution in [3.63, 3.8) is 0 Å². The van der Waals surface area contributed by atoms with Gasteiger partial charge in [-0.05, 0) is 59.3 Å². The standard InChI is InChI=1S/C25H24BrCl2N5O2S/c1-2-34-23-12-18(21(26)14-24(23)35-16-17-8-9-19(27)13-22(17)28)15-29-10-11-36-25-30-31-32-33(25)20-6-4-3-5-7-20/h3-9,12-14,29H,2,10-11,15-16H2,1H3. The number of ether oxygens (including phenoxy) is 2. The number of nitrogens with zero attached hydrogens (tertiary/aromatic N) is 4. The summed E-state index contributed by atoms with van der Waals surface area (Å²) >= 11 is 17.5. The van der Waals surface area contributed by atoms with Crippen LogP contribution in [-0.2, 0) is 13.2 Å². The molecule has 0 fully saturated rings. The van der Waals surface area contributed by atoms with Gasteiger partial charge in [-0.3, -0.25) is 0 Å². The number of halogens is 3. The number of rotatable bonds is 12. The lowest BCUT2D eigenvalue weighted by atomic mass is 10.2. The number of nitrogens with one attached hydrogen (secondary N) is 1. The van der Waals surface area contributed by atoms with Crippen LogP contribution in [0.3, 0.4) is 0 Å². The second-order valence-electron chi connectivity index (χ2n) is 7.58. The number of tetrazole rings is 1. The summed E-state index contributed by atoms with van der Waals surface area (Å²) in [6.07, 6.45) is 0. The lowest BCUT2D eigenvalue weighted by Crippen LogP contribution is -2.17. The van der Waals surface area contributed by atoms with Crippen LogP contribution in [0.1, 0.15) is 18.1 Å². The van der Waals surface area contributed by atoms with Gasteiger partial charge in [0.05, 0.1) is 12.3 Å². The van der Waals surface area contributed by atoms with Crippen LogP contribution in [0, 0.1) is 0 Å². The zero-order chi connectivity index (χ0) is 25.3. The average Bonchev–Trinajstić information content (AvgIpc) is 3.34. The summed E-state index contributed by atoms with van der Waals surface area (Å²) in [4.78, 5) is 0. The second kappa shape index (κ2) is 13.3. The van der Waals surface area contributed by atoms with Gasteiger partial charge in [0.1, 0.15) is 6.61 Å². The third-order valence-electron chi connectivity index (χ3n) is 5.08. The fraction of sp³-hybridized carbons (Fsp3) is 0.240. The van der Waals surface area contributed by atoms with E-state index in [-0.39, 0.29) is 0 Å². The minimum absolute atomic E-state index is 0.305. The van der Waals surface area contributed by atoms with Crippen molar-refractivity contribution < 1.29 is 9.47 Å². The quantitative estimate of drug-likeness (QED) is 0.144. The number of hydrogen-bond acceptors (Lipinski definition) is 7. The van der Waals surface area contributed by atoms with E-state index in [0.29, 0.717) is 41.3 Å². The molecule has 0 radical (unpaired) electrons. The molecular formula is C25H24BrCl2N5O2S. The molecule has 188 valence electrons. The largest absolute Gasteiger partial charge is 0.490 e. The van der Waals surface area contributed by atoms with Crippen LogP contribution in [0.2, 0.25) is 10.0 Å². The molecule has 4 aromatic rings. The highest BCUT2D eigenvalue weighted by molar-refractivity contribution is 9.10. The maximum atomic E-state index is 6.28. The van der Waals surface area contributed by atoms with E-state index >= 15 is 0 Å². The molecule has 1 N–H and O–H groups in total. The molecule has 0 saturated carbocycles. The average molecular weight is 609 g/mol. The molecule has 3 aromatic carbocycles. The fourth-order valence-electron chi connectivity index (χ4n) is 3.33. The second-order valence-corrected chi connectivity index (χ2v) is 10.3. The highest BCUT2D eigenvalue weighted by Crippen LogP contribution is 2.35. The lowest BCUT2D eigenvalue weighted by molar-refractivity contribution is 0.269. The van der Waals surface area contributed by atoms with Crippen molar-refractivity contribution >= 4 is 50.9 Å². The Kier molecular flexibility index (Phi) is 9.89. The molecule has 0 aliphatic carbocycles. The van der Waals surface area contributed by atoms with Crippen molar-refractivity contribution in [1.82, 2.24) is 25.5 Å². The number of aromatic nitrogens is 4. The van der Waals surface area contributed by atoms with Crippen molar-refractivity contribution in [2.75, 3.05) is 18.9 Å². The van der Waals surface area contributed by atoms with Crippen LogP contribution in [0.5, 0.6) is 11.5 Å². The van der Waals surface area contributed by atoms with Gasteiger partial charge in [0.25, 0.3) is 0 Å². The van der Waals surface area contributed by atoms with Gasteiger partial charge in [-0.1, -0.05) is 75.2 Å². The van der Waals surface area contributed by atoms with Crippen molar-refractivity contribution in [3.8, 4) is 17.2 Å². The summed E-state index contributed by atoms with van der Waals surface area (Å²) in [6.45, 7) is 4.21. The normalized spacial score (nSPS) is 11.0. The Morgan fingerprint density at radius 1 is 1.00 bits per heavy atom. The molecule has 1 aromatic heterocycles. The molecule has 0 saturated heterocycles. The van der Waals surface area contributed by atoms with Gasteiger partial charge in [0, 0.05) is 38.9 Å². The highest BCUT2D eigenvalue weighted by Gasteiger charge is 2.13. The van der Waals surface area contributed by atoms with Crippen molar-refractivity contribution in [2.24, 2.45) is 0 Å². The third kappa shape index (κ3) is 7.14. The zero-order valence-corrected chi connectivity index (χ0v) is 23.4. The summed E-state index contributed by atoms with van der Waals surface area (Å²) in [5.74, 6) is 2.13. The van der Waals surface area contributed by atoms with Gasteiger partial charge in [-0.25, -0.2) is 0 Å². The van der Waals surface area contributed by atoms with E-state index in [1.165, 1.54) is 0 Å². The van der Waals surface area contributed by atoms with E-state index < -0.39 is 0 Å². The van der Waals surface area contributed by atoms with Crippen molar-refractivity contribution in [1.29, 1.82) is 0 Å². The zero-order valence-electron chi connectivity index (χ0n) is 19.5. The number of thioether (sulfide) groups is 1. The summed E-state index contributed by atoms with van der Waals surface area (Å²) in [7, 11) is 0. The maximum absolute atomic E-state index is 6.28. The molecule has 0 unspecified atom stereocenters. The number of para-hydroxylation sites is 1. The van der Waals surface area contributed by atoms with Crippen LogP contribution < -0.4 is 14.8 Å². The van der Waals surface area contributed by atoms with Gasteiger partial charge < -0.3 is 14.8 Å². The molecule has 1 heterocycles. The molecule has 0 bridgehead atoms. The lowest BCUT2D eigenvalue weighted by Gasteiger charge is -2.16. The van der Waals surface area contributed by atoms with E-state index in [1.54, 1.807) is 28.6 Å². The van der Waals surface area contributed by atoms with E-state index in [4.69, 9.17) is 32.7 Å². The topological polar surface area (TPSA) is 74.1 Å². The Hall–Kier alpha value is -2.30. The van der Waals surface area contributed by atoms with Gasteiger partial charge in [0.2, 0.25) is 5.16 Å². The summed E-state index contributed by atoms with van der Waals surface area (Å²) in [5, 5.41) is 17.4. The van der Waals surface area contributed by atoms with Gasteiger partial charge >= 0.3 is 0 Å². The van der Waals surface area contributed by atoms with E-state index in [9.17, 15) is 0 Å². The van der Waals surface area contributed by atoms with Gasteiger partial charge in [0.15, 0.2) is 11.5 Å². The van der Waals surface area contributed by atoms with E-state index in [2.05, 4.69) is 36.8 Å². The number of hydrogen-bond donors (Lipinski definition) is 1. The first-order valence-electron chi connectivity index (χ1n) is 11.2. The number of benzene rings is 3. The molecule has 0 aliphatic rings. The van der Waals surface area contributed by atoms with E-state index in [1.807, 2.05) is 55.5 Å². The minimum Gasteiger partial charge on any atom is -0.490 e. The first-order chi connectivity index (χ1) is 17.5. The first kappa shape index (κ1) is 26.8. The summed E-state index contributed by atoms with van der Waals surface area (Å²) in [6, 6.07) is 19.1. The Morgan fingerprint density at radius 2 is 1.81 bits per heavy atom. The smallest absolute Gasteiger partial charge is 0.214 e. The summed E-state index contributed by atoms with van der Waals surface area (Å²) < 4.78 is 14.6. The molecule has 11 heteroatoms. The minimum atomic E-state index is 0.305. The summed E-state index contributed by atoms with van der Waals surface area (Å²) in [5.41, 5.74) is 2.85. The van der Waals surface area contributed by atoms with Gasteiger partial charge in [-0.15, -0.1) is 5.10 Å². The third-order valence-corrected chi connectivity index (χ3v) is 7.32. The first-order valence-corrected chi connectivity index (χ1v) is 13.8. The van der Waals surface area contributed by atoms with Crippen LogP contribution in [0.4, 0.5) is 0 Å². The Bertz CT molecular complexity index is 1290. The molecule has 36 heavy (non-hydrogen) atoms. The van der Waals surface area contributed by atoms with Crippen LogP contribution >= 0.6 is 50.9 Å². The SMILES string of the molecule is CCOc1cc(CNCCSc2nnnn2-c2ccccc2)c(Br)cc1OCc1ccc(Cl)cc1Cl. The molecule has 0 spiro atoms. The molecule has 0 amide bonds. The Morgan fingerprint density at radius 3 is 2.58 bits per heavy atom. The van der Waals surface area contributed by atoms with Crippen LogP contribution in [-0.4, -0.2) is 39.1 Å². The van der Waals surface area contributed by atoms with Crippen molar-refractivity contribution in [2.45, 2.75) is 25.2 Å². The molecular weight excluding hydrogens is 585 g/mol. The van der Waals surface area contributed by atoms with Crippen LogP contribution in [0.15, 0.2) is 70.3 Å². The molecule has 7 nitrogen and oxygen atoms in total. The molecule has 0 aliphatic heterocycles. The van der Waals surface area contributed by atoms with E-state index in [0.717, 1.165) is 38.7 Å². The maximum Gasteiger partial charge on any atom is 0.214 e. The predicted octanol–water partition coefficient (Wildman–Crippen LogP) is 6.59. The van der Waals surface area contributed by atoms with Gasteiger partial charge in [-0.2, -0.15) is 4.68 Å². The fourth-order valence-corrected chi connectivity index (χ4v) is 5.04. The van der Waals surface area contributed by atoms with Crippen molar-refractivity contribution in [3.05, 3.63) is 86.3 Å². The van der Waals surface area contributed by atoms with Crippen LogP contribution in [0.25, 0.3) is 5.69 Å². The molecule has 0 atom stereocenters. The Balaban J connectivity index is 1.32. The Labute approximate surface area is 232 Å². The monoisotopic (exact) mass is 607 g/mol. The highest BCUT2D eigenvalue weighted by atomic mass is 79.9.